The third-order valence-electron chi connectivity index (χ3n) is 2.95. The molecule has 1 aliphatic rings. The van der Waals surface area contributed by atoms with Gasteiger partial charge in [0.15, 0.2) is 0 Å². The maximum absolute atomic E-state index is 13.7. The lowest BCUT2D eigenvalue weighted by molar-refractivity contribution is -0.0112. The number of ether oxygens (including phenoxy) is 2. The van der Waals surface area contributed by atoms with E-state index in [1.807, 2.05) is 0 Å². The van der Waals surface area contributed by atoms with Gasteiger partial charge in [-0.15, -0.1) is 0 Å². The van der Waals surface area contributed by atoms with E-state index in [9.17, 15) is 12.8 Å². The standard InChI is InChI=1S/C12H13BrClFO4S/c13-9-5-12(20(14,16)17)10(15)6-11(9)19-7-8-3-1-2-4-18-8/h5-6,8H,1-4,7H2. The van der Waals surface area contributed by atoms with Crippen molar-refractivity contribution in [3.8, 4) is 5.75 Å². The van der Waals surface area contributed by atoms with Crippen molar-refractivity contribution in [1.82, 2.24) is 0 Å². The monoisotopic (exact) mass is 386 g/mol. The Morgan fingerprint density at radius 1 is 1.45 bits per heavy atom. The van der Waals surface area contributed by atoms with Gasteiger partial charge in [0, 0.05) is 23.4 Å². The van der Waals surface area contributed by atoms with Crippen LogP contribution in [-0.4, -0.2) is 27.7 Å². The summed E-state index contributed by atoms with van der Waals surface area (Å²) in [4.78, 5) is -0.577. The number of hydrogen-bond donors (Lipinski definition) is 0. The lowest BCUT2D eigenvalue weighted by Crippen LogP contribution is -2.25. The summed E-state index contributed by atoms with van der Waals surface area (Å²) >= 11 is 3.14. The highest BCUT2D eigenvalue weighted by Crippen LogP contribution is 2.32. The molecule has 0 saturated carbocycles. The van der Waals surface area contributed by atoms with Crippen molar-refractivity contribution in [3.63, 3.8) is 0 Å². The Labute approximate surface area is 129 Å². The van der Waals surface area contributed by atoms with Crippen LogP contribution in [0.25, 0.3) is 0 Å². The van der Waals surface area contributed by atoms with Crippen LogP contribution in [0, 0.1) is 5.82 Å². The van der Waals surface area contributed by atoms with Crippen LogP contribution in [0.15, 0.2) is 21.5 Å². The van der Waals surface area contributed by atoms with Gasteiger partial charge < -0.3 is 9.47 Å². The number of benzene rings is 1. The Bertz CT molecular complexity index is 587. The highest BCUT2D eigenvalue weighted by molar-refractivity contribution is 9.10. The van der Waals surface area contributed by atoms with E-state index in [-0.39, 0.29) is 11.9 Å². The highest BCUT2D eigenvalue weighted by Gasteiger charge is 2.20. The maximum Gasteiger partial charge on any atom is 0.264 e. The van der Waals surface area contributed by atoms with Gasteiger partial charge in [-0.25, -0.2) is 12.8 Å². The van der Waals surface area contributed by atoms with Crippen molar-refractivity contribution in [1.29, 1.82) is 0 Å². The molecule has 8 heteroatoms. The van der Waals surface area contributed by atoms with E-state index in [0.717, 1.165) is 31.4 Å². The molecule has 1 unspecified atom stereocenters. The third-order valence-corrected chi connectivity index (χ3v) is 4.90. The largest absolute Gasteiger partial charge is 0.490 e. The summed E-state index contributed by atoms with van der Waals surface area (Å²) in [5.41, 5.74) is 0. The number of hydrogen-bond acceptors (Lipinski definition) is 4. The van der Waals surface area contributed by atoms with Crippen molar-refractivity contribution in [2.75, 3.05) is 13.2 Å². The quantitative estimate of drug-likeness (QED) is 0.743. The van der Waals surface area contributed by atoms with E-state index >= 15 is 0 Å². The van der Waals surface area contributed by atoms with Crippen LogP contribution in [0.1, 0.15) is 19.3 Å². The molecular weight excluding hydrogens is 375 g/mol. The van der Waals surface area contributed by atoms with Gasteiger partial charge in [-0.1, -0.05) is 0 Å². The topological polar surface area (TPSA) is 52.6 Å². The molecule has 0 radical (unpaired) electrons. The molecule has 0 N–H and O–H groups in total. The molecule has 0 aliphatic carbocycles. The fraction of sp³-hybridized carbons (Fsp3) is 0.500. The van der Waals surface area contributed by atoms with Crippen LogP contribution in [0.5, 0.6) is 5.75 Å². The van der Waals surface area contributed by atoms with Crippen LogP contribution in [0.3, 0.4) is 0 Å². The second kappa shape index (κ2) is 6.60. The zero-order chi connectivity index (χ0) is 14.8. The van der Waals surface area contributed by atoms with Crippen molar-refractivity contribution in [2.45, 2.75) is 30.3 Å². The minimum absolute atomic E-state index is 0.0184. The Kier molecular flexibility index (Phi) is 5.28. The van der Waals surface area contributed by atoms with Crippen LogP contribution in [-0.2, 0) is 13.8 Å². The average Bonchev–Trinajstić information content (AvgIpc) is 2.39. The lowest BCUT2D eigenvalue weighted by atomic mass is 10.1. The van der Waals surface area contributed by atoms with Crippen LogP contribution in [0.2, 0.25) is 0 Å². The summed E-state index contributed by atoms with van der Waals surface area (Å²) in [6.07, 6.45) is 2.99. The molecule has 0 spiro atoms. The normalized spacial score (nSPS) is 19.9. The average molecular weight is 388 g/mol. The van der Waals surface area contributed by atoms with Gasteiger partial charge in [0.2, 0.25) is 0 Å². The molecule has 1 heterocycles. The summed E-state index contributed by atoms with van der Waals surface area (Å²) in [5.74, 6) is -0.719. The first-order valence-corrected chi connectivity index (χ1v) is 9.16. The molecule has 0 amide bonds. The highest BCUT2D eigenvalue weighted by atomic mass is 79.9. The van der Waals surface area contributed by atoms with E-state index in [1.165, 1.54) is 0 Å². The Hall–Kier alpha value is -0.370. The minimum Gasteiger partial charge on any atom is -0.490 e. The molecule has 0 aromatic heterocycles. The fourth-order valence-corrected chi connectivity index (χ4v) is 3.44. The second-order valence-corrected chi connectivity index (χ2v) is 7.84. The summed E-state index contributed by atoms with van der Waals surface area (Å²) in [7, 11) is 1.02. The van der Waals surface area contributed by atoms with Crippen molar-refractivity contribution >= 4 is 35.7 Å². The molecule has 1 aromatic rings. The Morgan fingerprint density at radius 2 is 2.20 bits per heavy atom. The van der Waals surface area contributed by atoms with Crippen molar-refractivity contribution < 1.29 is 22.3 Å². The van der Waals surface area contributed by atoms with E-state index in [0.29, 0.717) is 17.7 Å². The molecule has 1 saturated heterocycles. The smallest absolute Gasteiger partial charge is 0.264 e. The molecule has 0 bridgehead atoms. The first-order chi connectivity index (χ1) is 9.38. The van der Waals surface area contributed by atoms with Gasteiger partial charge in [0.25, 0.3) is 9.05 Å². The maximum atomic E-state index is 13.7. The van der Waals surface area contributed by atoms with Gasteiger partial charge in [-0.05, 0) is 41.3 Å². The summed E-state index contributed by atoms with van der Waals surface area (Å²) in [6.45, 7) is 0.998. The SMILES string of the molecule is O=S(=O)(Cl)c1cc(Br)c(OCC2CCCCO2)cc1F. The minimum atomic E-state index is -4.12. The lowest BCUT2D eigenvalue weighted by Gasteiger charge is -2.23. The molecule has 112 valence electrons. The predicted molar refractivity (Wildman–Crippen MR) is 76.2 cm³/mol. The fourth-order valence-electron chi connectivity index (χ4n) is 1.93. The van der Waals surface area contributed by atoms with Gasteiger partial charge in [-0.2, -0.15) is 0 Å². The molecule has 1 fully saturated rings. The third kappa shape index (κ3) is 4.07. The molecule has 20 heavy (non-hydrogen) atoms. The first-order valence-electron chi connectivity index (χ1n) is 6.06. The van der Waals surface area contributed by atoms with E-state index in [4.69, 9.17) is 20.2 Å². The predicted octanol–water partition coefficient (Wildman–Crippen LogP) is 3.46. The number of rotatable bonds is 4. The van der Waals surface area contributed by atoms with Crippen LogP contribution < -0.4 is 4.74 Å². The van der Waals surface area contributed by atoms with Gasteiger partial charge in [-0.3, -0.25) is 0 Å². The van der Waals surface area contributed by atoms with Crippen LogP contribution in [0.4, 0.5) is 4.39 Å². The summed E-state index contributed by atoms with van der Waals surface area (Å²) in [6, 6.07) is 2.09. The molecule has 1 atom stereocenters. The van der Waals surface area contributed by atoms with Crippen molar-refractivity contribution in [2.24, 2.45) is 0 Å². The van der Waals surface area contributed by atoms with Crippen molar-refractivity contribution in [3.05, 3.63) is 22.4 Å². The zero-order valence-electron chi connectivity index (χ0n) is 10.4. The summed E-state index contributed by atoms with van der Waals surface area (Å²) in [5, 5.41) is 0. The molecule has 1 aromatic carbocycles. The molecule has 1 aliphatic heterocycles. The van der Waals surface area contributed by atoms with Gasteiger partial charge in [0.05, 0.1) is 10.6 Å². The summed E-state index contributed by atoms with van der Waals surface area (Å²) < 4.78 is 47.3. The second-order valence-electron chi connectivity index (χ2n) is 4.45. The van der Waals surface area contributed by atoms with E-state index in [2.05, 4.69) is 15.9 Å². The Balaban J connectivity index is 2.11. The first kappa shape index (κ1) is 16.0. The van der Waals surface area contributed by atoms with Crippen LogP contribution >= 0.6 is 26.6 Å². The number of halogens is 3. The molecule has 4 nitrogen and oxygen atoms in total. The Morgan fingerprint density at radius 3 is 2.80 bits per heavy atom. The molecular formula is C12H13BrClFO4S. The van der Waals surface area contributed by atoms with E-state index in [1.54, 1.807) is 0 Å². The van der Waals surface area contributed by atoms with E-state index < -0.39 is 19.8 Å². The molecule has 2 rings (SSSR count). The van der Waals surface area contributed by atoms with Gasteiger partial charge >= 0.3 is 0 Å². The zero-order valence-corrected chi connectivity index (χ0v) is 13.6. The van der Waals surface area contributed by atoms with Gasteiger partial charge in [0.1, 0.15) is 23.1 Å².